The Bertz CT molecular complexity index is 474. The highest BCUT2D eigenvalue weighted by atomic mass is 16.6. The van der Waals surface area contributed by atoms with E-state index in [2.05, 4.69) is 14.8 Å². The maximum Gasteiger partial charge on any atom is 0.415 e. The molecule has 0 aliphatic heterocycles. The normalized spacial score (nSPS) is 9.76. The van der Waals surface area contributed by atoms with E-state index < -0.39 is 18.0 Å². The molecule has 2 N–H and O–H groups in total. The molecule has 1 rings (SSSR count). The van der Waals surface area contributed by atoms with Gasteiger partial charge in [0.2, 0.25) is 0 Å². The number of aliphatic hydroxyl groups is 1. The van der Waals surface area contributed by atoms with E-state index in [0.29, 0.717) is 0 Å². The highest BCUT2D eigenvalue weighted by molar-refractivity contribution is 5.86. The number of hydrogen-bond acceptors (Lipinski definition) is 6. The van der Waals surface area contributed by atoms with Crippen LogP contribution in [-0.2, 0) is 25.6 Å². The predicted octanol–water partition coefficient (Wildman–Crippen LogP) is 0.755. The first-order valence-electron chi connectivity index (χ1n) is 6.40. The van der Waals surface area contributed by atoms with Crippen LogP contribution in [0.25, 0.3) is 0 Å². The van der Waals surface area contributed by atoms with Gasteiger partial charge in [-0.05, 0) is 5.56 Å². The van der Waals surface area contributed by atoms with Crippen LogP contribution in [0.1, 0.15) is 18.4 Å². The van der Waals surface area contributed by atoms with Gasteiger partial charge in [-0.3, -0.25) is 9.59 Å². The molecule has 0 aliphatic rings. The maximum absolute atomic E-state index is 11.3. The lowest BCUT2D eigenvalue weighted by Crippen LogP contribution is -2.26. The summed E-state index contributed by atoms with van der Waals surface area (Å²) < 4.78 is 9.04. The fourth-order valence-electron chi connectivity index (χ4n) is 1.40. The van der Waals surface area contributed by atoms with Crippen molar-refractivity contribution in [3.8, 4) is 0 Å². The molecule has 1 aromatic rings. The zero-order valence-corrected chi connectivity index (χ0v) is 11.4. The molecule has 0 heterocycles. The summed E-state index contributed by atoms with van der Waals surface area (Å²) in [7, 11) is 0. The number of alkyl carbamates (subject to hydrolysis) is 1. The van der Waals surface area contributed by atoms with Gasteiger partial charge < -0.3 is 19.9 Å². The van der Waals surface area contributed by atoms with Gasteiger partial charge in [-0.15, -0.1) is 0 Å². The number of esters is 2. The minimum atomic E-state index is -0.868. The van der Waals surface area contributed by atoms with Crippen LogP contribution < -0.4 is 5.32 Å². The zero-order chi connectivity index (χ0) is 15.5. The fraction of sp³-hybridized carbons (Fsp3) is 0.357. The highest BCUT2D eigenvalue weighted by Gasteiger charge is 2.13. The summed E-state index contributed by atoms with van der Waals surface area (Å²) in [4.78, 5) is 33.7. The third-order valence-corrected chi connectivity index (χ3v) is 2.37. The summed E-state index contributed by atoms with van der Waals surface area (Å²) in [6.45, 7) is -0.158. The summed E-state index contributed by atoms with van der Waals surface area (Å²) in [5.74, 6) is -1.45. The average molecular weight is 295 g/mol. The minimum Gasteiger partial charge on any atom is -0.463 e. The molecule has 0 radical (unpaired) electrons. The third-order valence-electron chi connectivity index (χ3n) is 2.37. The van der Waals surface area contributed by atoms with Crippen molar-refractivity contribution in [1.29, 1.82) is 0 Å². The van der Waals surface area contributed by atoms with Gasteiger partial charge >= 0.3 is 18.0 Å². The molecule has 0 saturated carbocycles. The van der Waals surface area contributed by atoms with Crippen molar-refractivity contribution in [2.45, 2.75) is 19.4 Å². The maximum atomic E-state index is 11.3. The number of benzene rings is 1. The van der Waals surface area contributed by atoms with E-state index in [1.54, 1.807) is 0 Å². The second-order valence-electron chi connectivity index (χ2n) is 4.04. The Hall–Kier alpha value is -2.41. The van der Waals surface area contributed by atoms with Crippen molar-refractivity contribution >= 4 is 18.0 Å². The fourth-order valence-corrected chi connectivity index (χ4v) is 1.40. The molecular weight excluding hydrogens is 278 g/mol. The van der Waals surface area contributed by atoms with Crippen molar-refractivity contribution < 1.29 is 29.0 Å². The van der Waals surface area contributed by atoms with E-state index >= 15 is 0 Å². The molecule has 114 valence electrons. The molecule has 0 saturated heterocycles. The molecule has 0 unspecified atom stereocenters. The van der Waals surface area contributed by atoms with E-state index in [1.165, 1.54) is 0 Å². The van der Waals surface area contributed by atoms with Crippen LogP contribution in [0.15, 0.2) is 30.3 Å². The Morgan fingerprint density at radius 3 is 2.38 bits per heavy atom. The van der Waals surface area contributed by atoms with E-state index in [0.717, 1.165) is 5.56 Å². The smallest absolute Gasteiger partial charge is 0.415 e. The van der Waals surface area contributed by atoms with E-state index in [9.17, 15) is 14.4 Å². The number of carbonyl (C=O) groups excluding carboxylic acids is 3. The Morgan fingerprint density at radius 2 is 1.71 bits per heavy atom. The lowest BCUT2D eigenvalue weighted by atomic mass is 10.2. The third kappa shape index (κ3) is 7.68. The molecule has 7 nitrogen and oxygen atoms in total. The van der Waals surface area contributed by atoms with Gasteiger partial charge in [0.15, 0.2) is 0 Å². The molecule has 0 spiro atoms. The van der Waals surface area contributed by atoms with Gasteiger partial charge in [0, 0.05) is 6.54 Å². The molecule has 21 heavy (non-hydrogen) atoms. The molecule has 1 aromatic carbocycles. The zero-order valence-electron chi connectivity index (χ0n) is 11.4. The van der Waals surface area contributed by atoms with Crippen molar-refractivity contribution in [2.75, 3.05) is 13.2 Å². The topological polar surface area (TPSA) is 102 Å². The molecule has 0 bridgehead atoms. The number of rotatable bonds is 7. The van der Waals surface area contributed by atoms with Crippen LogP contribution in [0, 0.1) is 0 Å². The minimum absolute atomic E-state index is 0.120. The van der Waals surface area contributed by atoms with Crippen molar-refractivity contribution in [3.05, 3.63) is 35.9 Å². The van der Waals surface area contributed by atoms with Crippen molar-refractivity contribution in [2.24, 2.45) is 0 Å². The molecule has 0 fully saturated rings. The SMILES string of the molecule is O=C(CCC(=O)OC(=O)NCc1ccccc1)OCCO. The molecular formula is C14H17NO6. The van der Waals surface area contributed by atoms with Gasteiger partial charge in [-0.25, -0.2) is 4.79 Å². The van der Waals surface area contributed by atoms with Crippen LogP contribution in [0.3, 0.4) is 0 Å². The molecule has 0 aliphatic carbocycles. The molecule has 7 heteroatoms. The Kier molecular flexibility index (Phi) is 7.52. The molecule has 1 amide bonds. The molecule has 0 aromatic heterocycles. The first-order chi connectivity index (χ1) is 10.1. The van der Waals surface area contributed by atoms with E-state index in [4.69, 9.17) is 5.11 Å². The first-order valence-corrected chi connectivity index (χ1v) is 6.40. The van der Waals surface area contributed by atoms with Crippen LogP contribution in [0.2, 0.25) is 0 Å². The standard InChI is InChI=1S/C14H17NO6/c16-8-9-20-12(17)6-7-13(18)21-14(19)15-10-11-4-2-1-3-5-11/h1-5,16H,6-10H2,(H,15,19). The Morgan fingerprint density at radius 1 is 1.05 bits per heavy atom. The van der Waals surface area contributed by atoms with Crippen LogP contribution in [0.4, 0.5) is 4.79 Å². The lowest BCUT2D eigenvalue weighted by Gasteiger charge is -2.06. The number of aliphatic hydroxyl groups excluding tert-OH is 1. The van der Waals surface area contributed by atoms with Crippen LogP contribution >= 0.6 is 0 Å². The number of ether oxygens (including phenoxy) is 2. The Labute approximate surface area is 121 Å². The summed E-state index contributed by atoms with van der Waals surface area (Å²) in [6, 6.07) is 9.14. The number of nitrogens with one attached hydrogen (secondary N) is 1. The highest BCUT2D eigenvalue weighted by Crippen LogP contribution is 1.99. The van der Waals surface area contributed by atoms with Crippen LogP contribution in [-0.4, -0.2) is 36.4 Å². The van der Waals surface area contributed by atoms with E-state index in [1.807, 2.05) is 30.3 Å². The largest absolute Gasteiger partial charge is 0.463 e. The van der Waals surface area contributed by atoms with Crippen LogP contribution in [0.5, 0.6) is 0 Å². The van der Waals surface area contributed by atoms with Gasteiger partial charge in [0.1, 0.15) is 6.61 Å². The lowest BCUT2D eigenvalue weighted by molar-refractivity contribution is -0.148. The van der Waals surface area contributed by atoms with E-state index in [-0.39, 0.29) is 32.6 Å². The van der Waals surface area contributed by atoms with Gasteiger partial charge in [-0.2, -0.15) is 0 Å². The van der Waals surface area contributed by atoms with Gasteiger partial charge in [0.25, 0.3) is 0 Å². The number of amides is 1. The quantitative estimate of drug-likeness (QED) is 0.568. The summed E-state index contributed by atoms with van der Waals surface area (Å²) in [6.07, 6.45) is -1.33. The van der Waals surface area contributed by atoms with Crippen molar-refractivity contribution in [3.63, 3.8) is 0 Å². The predicted molar refractivity (Wildman–Crippen MR) is 72.0 cm³/mol. The van der Waals surface area contributed by atoms with Gasteiger partial charge in [0.05, 0.1) is 19.4 Å². The first kappa shape index (κ1) is 16.6. The van der Waals surface area contributed by atoms with Gasteiger partial charge in [-0.1, -0.05) is 30.3 Å². The Balaban J connectivity index is 2.19. The number of hydrogen-bond donors (Lipinski definition) is 2. The monoisotopic (exact) mass is 295 g/mol. The second kappa shape index (κ2) is 9.49. The summed E-state index contributed by atoms with van der Waals surface area (Å²) in [5, 5.41) is 10.9. The number of carbonyl (C=O) groups is 3. The summed E-state index contributed by atoms with van der Waals surface area (Å²) in [5.41, 5.74) is 0.870. The molecule has 0 atom stereocenters. The average Bonchev–Trinajstić information content (AvgIpc) is 2.50. The van der Waals surface area contributed by atoms with Crippen molar-refractivity contribution in [1.82, 2.24) is 5.32 Å². The second-order valence-corrected chi connectivity index (χ2v) is 4.04. The summed E-state index contributed by atoms with van der Waals surface area (Å²) >= 11 is 0.